The van der Waals surface area contributed by atoms with Crippen molar-refractivity contribution in [2.45, 2.75) is 18.9 Å². The predicted octanol–water partition coefficient (Wildman–Crippen LogP) is 1.76. The molecule has 3 aromatic rings. The monoisotopic (exact) mass is 337 g/mol. The Bertz CT molecular complexity index is 844. The number of ether oxygens (including phenoxy) is 1. The van der Waals surface area contributed by atoms with Crippen LogP contribution in [0.4, 0.5) is 11.8 Å². The second kappa shape index (κ2) is 6.86. The lowest BCUT2D eigenvalue weighted by molar-refractivity contribution is 0.193. The Labute approximate surface area is 145 Å². The van der Waals surface area contributed by atoms with Crippen LogP contribution in [0.2, 0.25) is 0 Å². The molecule has 8 nitrogen and oxygen atoms in total. The average molecular weight is 337 g/mol. The zero-order valence-electron chi connectivity index (χ0n) is 13.7. The first kappa shape index (κ1) is 15.5. The molecule has 3 N–H and O–H groups in total. The van der Waals surface area contributed by atoms with E-state index in [1.165, 1.54) is 6.33 Å². The van der Waals surface area contributed by atoms with Gasteiger partial charge in [-0.25, -0.2) is 14.6 Å². The number of aromatic nitrogens is 5. The molecule has 1 fully saturated rings. The summed E-state index contributed by atoms with van der Waals surface area (Å²) in [6.07, 6.45) is 4.16. The van der Waals surface area contributed by atoms with Crippen molar-refractivity contribution in [1.82, 2.24) is 24.7 Å². The van der Waals surface area contributed by atoms with Gasteiger partial charge in [0.2, 0.25) is 5.95 Å². The molecule has 2 aromatic heterocycles. The first-order valence-electron chi connectivity index (χ1n) is 8.18. The van der Waals surface area contributed by atoms with E-state index in [4.69, 9.17) is 10.5 Å². The predicted molar refractivity (Wildman–Crippen MR) is 93.3 cm³/mol. The average Bonchev–Trinajstić information content (AvgIpc) is 3.33. The van der Waals surface area contributed by atoms with Gasteiger partial charge < -0.3 is 15.8 Å². The third kappa shape index (κ3) is 3.43. The van der Waals surface area contributed by atoms with Gasteiger partial charge in [0.15, 0.2) is 0 Å². The summed E-state index contributed by atoms with van der Waals surface area (Å²) < 4.78 is 7.18. The molecule has 0 aliphatic carbocycles. The Morgan fingerprint density at radius 3 is 3.00 bits per heavy atom. The number of anilines is 2. The Morgan fingerprint density at radius 2 is 2.20 bits per heavy atom. The Hall–Kier alpha value is -3.00. The van der Waals surface area contributed by atoms with Crippen LogP contribution in [-0.4, -0.2) is 37.9 Å². The molecule has 128 valence electrons. The minimum atomic E-state index is 0.275. The molecule has 0 spiro atoms. The molecule has 0 bridgehead atoms. The van der Waals surface area contributed by atoms with Crippen molar-refractivity contribution in [1.29, 1.82) is 0 Å². The highest BCUT2D eigenvalue weighted by Gasteiger charge is 2.20. The maximum Gasteiger partial charge on any atom is 0.222 e. The molecule has 1 aliphatic rings. The van der Waals surface area contributed by atoms with E-state index in [-0.39, 0.29) is 11.9 Å². The first-order valence-corrected chi connectivity index (χ1v) is 8.18. The third-order valence-electron chi connectivity index (χ3n) is 4.23. The van der Waals surface area contributed by atoms with Gasteiger partial charge in [0.05, 0.1) is 18.0 Å². The topological polar surface area (TPSA) is 104 Å². The standard InChI is InChI=1S/C17H19N7O/c18-17-22-14(13-5-6-25-9-13)7-16(23-17)20-8-12-3-1-2-4-15(12)24-11-19-10-21-24/h1-4,7,10-11,13H,5-6,8-9H2,(H3,18,20,22,23). The summed E-state index contributed by atoms with van der Waals surface area (Å²) in [7, 11) is 0. The summed E-state index contributed by atoms with van der Waals surface area (Å²) in [6.45, 7) is 2.04. The molecule has 3 heterocycles. The van der Waals surface area contributed by atoms with Gasteiger partial charge in [-0.05, 0) is 18.1 Å². The van der Waals surface area contributed by atoms with Gasteiger partial charge in [0.25, 0.3) is 0 Å². The number of hydrogen-bond donors (Lipinski definition) is 2. The maximum absolute atomic E-state index is 5.88. The summed E-state index contributed by atoms with van der Waals surface area (Å²) in [5, 5.41) is 7.54. The maximum atomic E-state index is 5.88. The Morgan fingerprint density at radius 1 is 1.28 bits per heavy atom. The Balaban J connectivity index is 1.54. The van der Waals surface area contributed by atoms with Crippen LogP contribution in [0.1, 0.15) is 23.6 Å². The van der Waals surface area contributed by atoms with Crippen LogP contribution in [0.25, 0.3) is 5.69 Å². The highest BCUT2D eigenvalue weighted by atomic mass is 16.5. The second-order valence-electron chi connectivity index (χ2n) is 5.92. The van der Waals surface area contributed by atoms with Crippen LogP contribution in [-0.2, 0) is 11.3 Å². The lowest BCUT2D eigenvalue weighted by Crippen LogP contribution is -2.10. The molecule has 1 aromatic carbocycles. The number of nitrogens with zero attached hydrogens (tertiary/aromatic N) is 5. The highest BCUT2D eigenvalue weighted by Crippen LogP contribution is 2.26. The third-order valence-corrected chi connectivity index (χ3v) is 4.23. The lowest BCUT2D eigenvalue weighted by Gasteiger charge is -2.13. The summed E-state index contributed by atoms with van der Waals surface area (Å²) in [4.78, 5) is 12.7. The molecule has 1 saturated heterocycles. The van der Waals surface area contributed by atoms with E-state index in [0.717, 1.165) is 30.0 Å². The van der Waals surface area contributed by atoms with E-state index in [1.54, 1.807) is 11.0 Å². The van der Waals surface area contributed by atoms with Gasteiger partial charge in [0, 0.05) is 25.1 Å². The van der Waals surface area contributed by atoms with Crippen molar-refractivity contribution in [2.24, 2.45) is 0 Å². The molecule has 0 amide bonds. The molecule has 0 radical (unpaired) electrons. The van der Waals surface area contributed by atoms with Crippen LogP contribution in [0.5, 0.6) is 0 Å². The van der Waals surface area contributed by atoms with Crippen LogP contribution >= 0.6 is 0 Å². The van der Waals surface area contributed by atoms with E-state index in [9.17, 15) is 0 Å². The number of nitrogen functional groups attached to an aromatic ring is 1. The molecular weight excluding hydrogens is 318 g/mol. The smallest absolute Gasteiger partial charge is 0.222 e. The molecule has 25 heavy (non-hydrogen) atoms. The fourth-order valence-corrected chi connectivity index (χ4v) is 2.96. The molecule has 1 aliphatic heterocycles. The minimum Gasteiger partial charge on any atom is -0.381 e. The molecule has 1 unspecified atom stereocenters. The SMILES string of the molecule is Nc1nc(NCc2ccccc2-n2cncn2)cc(C2CCOC2)n1. The van der Waals surface area contributed by atoms with Crippen molar-refractivity contribution in [3.8, 4) is 5.69 Å². The fraction of sp³-hybridized carbons (Fsp3) is 0.294. The summed E-state index contributed by atoms with van der Waals surface area (Å²) in [6, 6.07) is 9.96. The van der Waals surface area contributed by atoms with Gasteiger partial charge in [-0.3, -0.25) is 0 Å². The van der Waals surface area contributed by atoms with Gasteiger partial charge in [-0.1, -0.05) is 18.2 Å². The number of rotatable bonds is 5. The van der Waals surface area contributed by atoms with E-state index in [2.05, 4.69) is 25.4 Å². The molecule has 0 saturated carbocycles. The van der Waals surface area contributed by atoms with Gasteiger partial charge in [0.1, 0.15) is 18.5 Å². The molecular formula is C17H19N7O. The molecule has 4 rings (SSSR count). The van der Waals surface area contributed by atoms with Gasteiger partial charge in [-0.15, -0.1) is 0 Å². The van der Waals surface area contributed by atoms with Crippen molar-refractivity contribution < 1.29 is 4.74 Å². The quantitative estimate of drug-likeness (QED) is 0.731. The zero-order chi connectivity index (χ0) is 17.1. The van der Waals surface area contributed by atoms with Crippen molar-refractivity contribution in [2.75, 3.05) is 24.3 Å². The van der Waals surface area contributed by atoms with E-state index in [1.807, 2.05) is 30.3 Å². The largest absolute Gasteiger partial charge is 0.381 e. The van der Waals surface area contributed by atoms with Crippen LogP contribution in [0, 0.1) is 0 Å². The summed E-state index contributed by atoms with van der Waals surface area (Å²) in [5.41, 5.74) is 8.86. The summed E-state index contributed by atoms with van der Waals surface area (Å²) >= 11 is 0. The molecule has 1 atom stereocenters. The summed E-state index contributed by atoms with van der Waals surface area (Å²) in [5.74, 6) is 1.27. The van der Waals surface area contributed by atoms with Crippen molar-refractivity contribution >= 4 is 11.8 Å². The lowest BCUT2D eigenvalue weighted by atomic mass is 10.0. The normalized spacial score (nSPS) is 16.9. The highest BCUT2D eigenvalue weighted by molar-refractivity contribution is 5.46. The van der Waals surface area contributed by atoms with Crippen molar-refractivity contribution in [3.05, 3.63) is 54.2 Å². The fourth-order valence-electron chi connectivity index (χ4n) is 2.96. The van der Waals surface area contributed by atoms with Gasteiger partial charge >= 0.3 is 0 Å². The first-order chi connectivity index (χ1) is 12.3. The van der Waals surface area contributed by atoms with Crippen LogP contribution in [0.15, 0.2) is 43.0 Å². The van der Waals surface area contributed by atoms with E-state index < -0.39 is 0 Å². The van der Waals surface area contributed by atoms with E-state index >= 15 is 0 Å². The number of nitrogens with one attached hydrogen (secondary N) is 1. The zero-order valence-corrected chi connectivity index (χ0v) is 13.7. The van der Waals surface area contributed by atoms with Crippen LogP contribution in [0.3, 0.4) is 0 Å². The number of hydrogen-bond acceptors (Lipinski definition) is 7. The second-order valence-corrected chi connectivity index (χ2v) is 5.92. The van der Waals surface area contributed by atoms with Crippen LogP contribution < -0.4 is 11.1 Å². The number of benzene rings is 1. The van der Waals surface area contributed by atoms with Gasteiger partial charge in [-0.2, -0.15) is 10.1 Å². The van der Waals surface area contributed by atoms with Crippen molar-refractivity contribution in [3.63, 3.8) is 0 Å². The Kier molecular flexibility index (Phi) is 4.26. The minimum absolute atomic E-state index is 0.275. The number of nitrogens with two attached hydrogens (primary N) is 1. The molecule has 8 heteroatoms. The number of para-hydroxylation sites is 1. The van der Waals surface area contributed by atoms with E-state index in [0.29, 0.717) is 19.0 Å².